The predicted molar refractivity (Wildman–Crippen MR) is 104 cm³/mol. The highest BCUT2D eigenvalue weighted by Gasteiger charge is 2.20. The van der Waals surface area contributed by atoms with Crippen LogP contribution in [0.25, 0.3) is 4.96 Å². The van der Waals surface area contributed by atoms with Crippen LogP contribution in [-0.2, 0) is 11.2 Å². The van der Waals surface area contributed by atoms with E-state index in [0.29, 0.717) is 29.0 Å². The molecule has 1 aromatic carbocycles. The van der Waals surface area contributed by atoms with Gasteiger partial charge in [-0.2, -0.15) is 4.52 Å². The van der Waals surface area contributed by atoms with Crippen molar-refractivity contribution in [3.05, 3.63) is 51.9 Å². The fraction of sp³-hybridized carbons (Fsp3) is 0.333. The Morgan fingerprint density at radius 3 is 2.93 bits per heavy atom. The van der Waals surface area contributed by atoms with E-state index in [1.807, 2.05) is 25.1 Å². The lowest BCUT2D eigenvalue weighted by molar-refractivity contribution is 0.102. The van der Waals surface area contributed by atoms with Crippen LogP contribution < -0.4 is 15.8 Å². The maximum atomic E-state index is 12.7. The smallest absolute Gasteiger partial charge is 0.288 e. The number of fused-ring (bicyclic) bond motifs is 1. The summed E-state index contributed by atoms with van der Waals surface area (Å²) < 4.78 is 6.54. The number of benzene rings is 1. The van der Waals surface area contributed by atoms with Gasteiger partial charge in [0.25, 0.3) is 11.5 Å². The standard InChI is InChI=1S/C18H19N5O3S/c1-2-12-4-3-5-13(10-12)20-15(24)14-11-19-17-23(16(14)25)21-18(27-17)22-6-8-26-9-7-22/h3-5,10-11H,2,6-9H2,1H3,(H,20,24). The SMILES string of the molecule is CCc1cccc(NC(=O)c2cnc3sc(N4CCOCC4)nn3c2=O)c1. The molecule has 1 amide bonds. The molecule has 1 fully saturated rings. The number of amides is 1. The van der Waals surface area contributed by atoms with Crippen molar-refractivity contribution >= 4 is 33.0 Å². The molecule has 0 aliphatic carbocycles. The Labute approximate surface area is 159 Å². The fourth-order valence-electron chi connectivity index (χ4n) is 2.88. The molecule has 3 heterocycles. The molecule has 0 unspecified atom stereocenters. The summed E-state index contributed by atoms with van der Waals surface area (Å²) >= 11 is 1.33. The summed E-state index contributed by atoms with van der Waals surface area (Å²) in [5.41, 5.74) is 1.25. The Balaban J connectivity index is 1.62. The summed E-state index contributed by atoms with van der Waals surface area (Å²) in [7, 11) is 0. The first kappa shape index (κ1) is 17.6. The fourth-order valence-corrected chi connectivity index (χ4v) is 3.79. The third kappa shape index (κ3) is 3.56. The zero-order valence-electron chi connectivity index (χ0n) is 14.8. The molecular weight excluding hydrogens is 366 g/mol. The van der Waals surface area contributed by atoms with Gasteiger partial charge >= 0.3 is 0 Å². The van der Waals surface area contributed by atoms with Gasteiger partial charge in [0.1, 0.15) is 5.56 Å². The molecule has 0 bridgehead atoms. The Hall–Kier alpha value is -2.78. The van der Waals surface area contributed by atoms with E-state index in [2.05, 4.69) is 20.3 Å². The molecule has 0 spiro atoms. The molecule has 2 aromatic heterocycles. The molecule has 0 saturated carbocycles. The third-order valence-corrected chi connectivity index (χ3v) is 5.38. The maximum absolute atomic E-state index is 12.7. The van der Waals surface area contributed by atoms with Gasteiger partial charge in [-0.1, -0.05) is 30.4 Å². The van der Waals surface area contributed by atoms with Crippen LogP contribution >= 0.6 is 11.3 Å². The first-order chi connectivity index (χ1) is 13.2. The van der Waals surface area contributed by atoms with Crippen molar-refractivity contribution in [2.75, 3.05) is 36.5 Å². The first-order valence-electron chi connectivity index (χ1n) is 8.77. The zero-order chi connectivity index (χ0) is 18.8. The lowest BCUT2D eigenvalue weighted by Gasteiger charge is -2.25. The van der Waals surface area contributed by atoms with Crippen molar-refractivity contribution < 1.29 is 9.53 Å². The number of anilines is 2. The Morgan fingerprint density at radius 2 is 2.15 bits per heavy atom. The van der Waals surface area contributed by atoms with Crippen LogP contribution in [0.4, 0.5) is 10.8 Å². The summed E-state index contributed by atoms with van der Waals surface area (Å²) in [5, 5.41) is 7.83. The first-order valence-corrected chi connectivity index (χ1v) is 9.59. The van der Waals surface area contributed by atoms with E-state index in [4.69, 9.17) is 4.74 Å². The lowest BCUT2D eigenvalue weighted by Crippen LogP contribution is -2.36. The topological polar surface area (TPSA) is 88.8 Å². The molecular formula is C18H19N5O3S. The minimum absolute atomic E-state index is 0.0340. The molecule has 140 valence electrons. The molecule has 3 aromatic rings. The van der Waals surface area contributed by atoms with Crippen LogP contribution in [-0.4, -0.2) is 46.8 Å². The second-order valence-corrected chi connectivity index (χ2v) is 7.10. The molecule has 8 nitrogen and oxygen atoms in total. The van der Waals surface area contributed by atoms with E-state index in [9.17, 15) is 9.59 Å². The van der Waals surface area contributed by atoms with Gasteiger partial charge in [-0.05, 0) is 24.1 Å². The Kier molecular flexibility index (Phi) is 4.87. The van der Waals surface area contributed by atoms with Crippen LogP contribution in [0.15, 0.2) is 35.3 Å². The maximum Gasteiger partial charge on any atom is 0.288 e. The van der Waals surface area contributed by atoms with Gasteiger partial charge in [-0.15, -0.1) is 5.10 Å². The van der Waals surface area contributed by atoms with Gasteiger partial charge < -0.3 is 15.0 Å². The Morgan fingerprint density at radius 1 is 1.33 bits per heavy atom. The molecule has 4 rings (SSSR count). The highest BCUT2D eigenvalue weighted by atomic mass is 32.1. The van der Waals surface area contributed by atoms with Gasteiger partial charge in [0.05, 0.1) is 13.2 Å². The number of carbonyl (C=O) groups is 1. The number of nitrogens with zero attached hydrogens (tertiary/aromatic N) is 4. The summed E-state index contributed by atoms with van der Waals surface area (Å²) in [6.45, 7) is 4.73. The molecule has 1 saturated heterocycles. The number of ether oxygens (including phenoxy) is 1. The van der Waals surface area contributed by atoms with Crippen LogP contribution in [0.5, 0.6) is 0 Å². The van der Waals surface area contributed by atoms with Crippen LogP contribution in [0.1, 0.15) is 22.8 Å². The molecule has 0 atom stereocenters. The normalized spacial score (nSPS) is 14.5. The van der Waals surface area contributed by atoms with Crippen molar-refractivity contribution in [2.24, 2.45) is 0 Å². The van der Waals surface area contributed by atoms with Crippen molar-refractivity contribution in [3.8, 4) is 0 Å². The van der Waals surface area contributed by atoms with E-state index in [1.54, 1.807) is 6.07 Å². The highest BCUT2D eigenvalue weighted by molar-refractivity contribution is 7.20. The average Bonchev–Trinajstić information content (AvgIpc) is 3.14. The second kappa shape index (κ2) is 7.45. The van der Waals surface area contributed by atoms with Crippen molar-refractivity contribution in [1.29, 1.82) is 0 Å². The van der Waals surface area contributed by atoms with Gasteiger partial charge in [0, 0.05) is 25.0 Å². The lowest BCUT2D eigenvalue weighted by atomic mass is 10.1. The number of hydrogen-bond acceptors (Lipinski definition) is 7. The molecule has 0 radical (unpaired) electrons. The van der Waals surface area contributed by atoms with Crippen molar-refractivity contribution in [3.63, 3.8) is 0 Å². The second-order valence-electron chi connectivity index (χ2n) is 6.16. The molecule has 1 N–H and O–H groups in total. The van der Waals surface area contributed by atoms with Crippen LogP contribution in [0.2, 0.25) is 0 Å². The van der Waals surface area contributed by atoms with Crippen molar-refractivity contribution in [2.45, 2.75) is 13.3 Å². The third-order valence-electron chi connectivity index (χ3n) is 4.40. The number of aromatic nitrogens is 3. The minimum Gasteiger partial charge on any atom is -0.378 e. The molecule has 1 aliphatic rings. The van der Waals surface area contributed by atoms with E-state index in [0.717, 1.165) is 25.1 Å². The van der Waals surface area contributed by atoms with Gasteiger partial charge in [0.2, 0.25) is 10.1 Å². The number of rotatable bonds is 4. The summed E-state index contributed by atoms with van der Waals surface area (Å²) in [5.74, 6) is -0.490. The highest BCUT2D eigenvalue weighted by Crippen LogP contribution is 2.22. The van der Waals surface area contributed by atoms with E-state index >= 15 is 0 Å². The summed E-state index contributed by atoms with van der Waals surface area (Å²) in [6, 6.07) is 7.54. The monoisotopic (exact) mass is 385 g/mol. The van der Waals surface area contributed by atoms with Crippen LogP contribution in [0, 0.1) is 0 Å². The zero-order valence-corrected chi connectivity index (χ0v) is 15.7. The number of aryl methyl sites for hydroxylation is 1. The van der Waals surface area contributed by atoms with Gasteiger partial charge in [0.15, 0.2) is 0 Å². The summed E-state index contributed by atoms with van der Waals surface area (Å²) in [6.07, 6.45) is 2.18. The van der Waals surface area contributed by atoms with E-state index < -0.39 is 11.5 Å². The number of nitrogens with one attached hydrogen (secondary N) is 1. The largest absolute Gasteiger partial charge is 0.378 e. The number of morpholine rings is 1. The molecule has 9 heteroatoms. The number of hydrogen-bond donors (Lipinski definition) is 1. The van der Waals surface area contributed by atoms with Gasteiger partial charge in [-0.3, -0.25) is 9.59 Å². The predicted octanol–water partition coefficient (Wildman–Crippen LogP) is 1.80. The Bertz CT molecular complexity index is 1040. The van der Waals surface area contributed by atoms with E-state index in [-0.39, 0.29) is 5.56 Å². The summed E-state index contributed by atoms with van der Waals surface area (Å²) in [4.78, 5) is 32.1. The van der Waals surface area contributed by atoms with E-state index in [1.165, 1.54) is 22.0 Å². The van der Waals surface area contributed by atoms with Gasteiger partial charge in [-0.25, -0.2) is 4.98 Å². The van der Waals surface area contributed by atoms with Crippen LogP contribution in [0.3, 0.4) is 0 Å². The minimum atomic E-state index is -0.490. The molecule has 1 aliphatic heterocycles. The van der Waals surface area contributed by atoms with Crippen molar-refractivity contribution in [1.82, 2.24) is 14.6 Å². The number of carbonyl (C=O) groups excluding carboxylic acids is 1. The molecule has 27 heavy (non-hydrogen) atoms. The quantitative estimate of drug-likeness (QED) is 0.737. The average molecular weight is 385 g/mol.